The Morgan fingerprint density at radius 1 is 1.56 bits per heavy atom. The van der Waals surface area contributed by atoms with Crippen molar-refractivity contribution >= 4 is 34.2 Å². The molecule has 96 valence electrons. The third-order valence-corrected chi connectivity index (χ3v) is 4.03. The number of amides is 1. The van der Waals surface area contributed by atoms with E-state index >= 15 is 0 Å². The topological polar surface area (TPSA) is 63.5 Å². The summed E-state index contributed by atoms with van der Waals surface area (Å²) in [7, 11) is 1.71. The van der Waals surface area contributed by atoms with Crippen molar-refractivity contribution in [2.24, 2.45) is 0 Å². The minimum atomic E-state index is -0.719. The summed E-state index contributed by atoms with van der Waals surface area (Å²) in [5.74, 6) is -0.0759. The molecule has 0 saturated carbocycles. The molecule has 0 aliphatic carbocycles. The van der Waals surface area contributed by atoms with Gasteiger partial charge in [-0.2, -0.15) is 0 Å². The monoisotopic (exact) mass is 360 g/mol. The first-order valence-electron chi connectivity index (χ1n) is 5.52. The Balaban J connectivity index is 2.58. The van der Waals surface area contributed by atoms with Crippen LogP contribution in [0, 0.1) is 13.7 Å². The smallest absolute Gasteiger partial charge is 0.227 e. The van der Waals surface area contributed by atoms with Crippen molar-refractivity contribution in [1.29, 1.82) is 0 Å². The van der Waals surface area contributed by atoms with Crippen LogP contribution in [0.25, 0.3) is 0 Å². The molecule has 1 unspecified atom stereocenters. The maximum atomic E-state index is 11.9. The van der Waals surface area contributed by atoms with Crippen molar-refractivity contribution < 1.29 is 9.72 Å². The number of anilines is 1. The fraction of sp³-hybridized carbons (Fsp3) is 0.417. The van der Waals surface area contributed by atoms with E-state index in [1.807, 2.05) is 18.2 Å². The van der Waals surface area contributed by atoms with E-state index in [9.17, 15) is 14.9 Å². The van der Waals surface area contributed by atoms with Gasteiger partial charge in [-0.25, -0.2) is 0 Å². The number of nitro groups is 1. The highest BCUT2D eigenvalue weighted by atomic mass is 127. The Morgan fingerprint density at radius 2 is 2.22 bits per heavy atom. The molecular formula is C12H13IN2O3. The molecule has 1 atom stereocenters. The third kappa shape index (κ3) is 2.21. The second-order valence-electron chi connectivity index (χ2n) is 4.84. The third-order valence-electron chi connectivity index (χ3n) is 3.36. The zero-order valence-electron chi connectivity index (χ0n) is 10.1. The van der Waals surface area contributed by atoms with Crippen LogP contribution in [0.2, 0.25) is 0 Å². The van der Waals surface area contributed by atoms with Gasteiger partial charge in [-0.3, -0.25) is 14.9 Å². The van der Waals surface area contributed by atoms with Gasteiger partial charge >= 0.3 is 0 Å². The summed E-state index contributed by atoms with van der Waals surface area (Å²) in [6, 6.07) is 5.69. The predicted octanol–water partition coefficient (Wildman–Crippen LogP) is 2.19. The lowest BCUT2D eigenvalue weighted by Crippen LogP contribution is -2.44. The lowest BCUT2D eigenvalue weighted by molar-refractivity contribution is -0.490. The van der Waals surface area contributed by atoms with Gasteiger partial charge in [0.05, 0.1) is 5.41 Å². The van der Waals surface area contributed by atoms with Crippen molar-refractivity contribution in [3.63, 3.8) is 0 Å². The molecular weight excluding hydrogens is 347 g/mol. The fourth-order valence-corrected chi connectivity index (χ4v) is 2.88. The summed E-state index contributed by atoms with van der Waals surface area (Å²) in [4.78, 5) is 24.0. The number of benzene rings is 1. The van der Waals surface area contributed by atoms with Gasteiger partial charge in [0.15, 0.2) is 0 Å². The average molecular weight is 360 g/mol. The predicted molar refractivity (Wildman–Crippen MR) is 76.4 cm³/mol. The van der Waals surface area contributed by atoms with Gasteiger partial charge in [-0.05, 0) is 53.3 Å². The quantitative estimate of drug-likeness (QED) is 0.462. The number of rotatable bonds is 2. The SMILES string of the molecule is CN1C(=O)CC(C)(C[N+](=O)[O-])c2cc(I)ccc21. The molecule has 1 aliphatic rings. The van der Waals surface area contributed by atoms with Crippen LogP contribution in [-0.2, 0) is 10.2 Å². The maximum Gasteiger partial charge on any atom is 0.227 e. The highest BCUT2D eigenvalue weighted by molar-refractivity contribution is 14.1. The van der Waals surface area contributed by atoms with Crippen LogP contribution in [-0.4, -0.2) is 24.4 Å². The highest BCUT2D eigenvalue weighted by Gasteiger charge is 2.42. The molecule has 1 aliphatic heterocycles. The first-order chi connectivity index (χ1) is 8.33. The second kappa shape index (κ2) is 4.49. The van der Waals surface area contributed by atoms with Gasteiger partial charge < -0.3 is 4.90 Å². The molecule has 0 saturated heterocycles. The molecule has 0 radical (unpaired) electrons. The van der Waals surface area contributed by atoms with Crippen molar-refractivity contribution in [2.45, 2.75) is 18.8 Å². The van der Waals surface area contributed by atoms with E-state index < -0.39 is 5.41 Å². The minimum absolute atomic E-state index is 0.0759. The summed E-state index contributed by atoms with van der Waals surface area (Å²) in [6.45, 7) is 1.56. The van der Waals surface area contributed by atoms with Crippen LogP contribution in [0.3, 0.4) is 0 Å². The molecule has 0 fully saturated rings. The van der Waals surface area contributed by atoms with E-state index in [1.165, 1.54) is 0 Å². The summed E-state index contributed by atoms with van der Waals surface area (Å²) < 4.78 is 1.02. The molecule has 0 spiro atoms. The molecule has 1 amide bonds. The van der Waals surface area contributed by atoms with Gasteiger partial charge in [0.1, 0.15) is 0 Å². The number of nitrogens with zero attached hydrogens (tertiary/aromatic N) is 2. The molecule has 2 rings (SSSR count). The number of hydrogen-bond acceptors (Lipinski definition) is 3. The van der Waals surface area contributed by atoms with Crippen LogP contribution in [0.5, 0.6) is 0 Å². The molecule has 5 nitrogen and oxygen atoms in total. The fourth-order valence-electron chi connectivity index (χ4n) is 2.39. The molecule has 0 bridgehead atoms. The van der Waals surface area contributed by atoms with Crippen LogP contribution in [0.1, 0.15) is 18.9 Å². The Labute approximate surface area is 118 Å². The molecule has 1 aromatic rings. The number of hydrogen-bond donors (Lipinski definition) is 0. The largest absolute Gasteiger partial charge is 0.315 e. The molecule has 0 N–H and O–H groups in total. The van der Waals surface area contributed by atoms with E-state index in [4.69, 9.17) is 0 Å². The van der Waals surface area contributed by atoms with Gasteiger partial charge in [0, 0.05) is 27.6 Å². The molecule has 1 heterocycles. The minimum Gasteiger partial charge on any atom is -0.315 e. The van der Waals surface area contributed by atoms with Crippen molar-refractivity contribution in [1.82, 2.24) is 0 Å². The van der Waals surface area contributed by atoms with Crippen LogP contribution in [0.15, 0.2) is 18.2 Å². The number of carbonyl (C=O) groups is 1. The van der Waals surface area contributed by atoms with Crippen LogP contribution in [0.4, 0.5) is 5.69 Å². The van der Waals surface area contributed by atoms with Crippen molar-refractivity contribution in [2.75, 3.05) is 18.5 Å². The first kappa shape index (κ1) is 13.3. The van der Waals surface area contributed by atoms with E-state index in [1.54, 1.807) is 18.9 Å². The normalized spacial score (nSPS) is 22.8. The van der Waals surface area contributed by atoms with Crippen LogP contribution < -0.4 is 4.90 Å². The Bertz CT molecular complexity index is 532. The van der Waals surface area contributed by atoms with Crippen molar-refractivity contribution in [3.05, 3.63) is 37.4 Å². The number of carbonyl (C=O) groups excluding carboxylic acids is 1. The Hall–Kier alpha value is -1.18. The van der Waals surface area contributed by atoms with E-state index in [2.05, 4.69) is 22.6 Å². The first-order valence-corrected chi connectivity index (χ1v) is 6.60. The van der Waals surface area contributed by atoms with E-state index in [-0.39, 0.29) is 23.8 Å². The van der Waals surface area contributed by atoms with Gasteiger partial charge in [0.2, 0.25) is 12.5 Å². The summed E-state index contributed by atoms with van der Waals surface area (Å²) in [5, 5.41) is 10.8. The number of fused-ring (bicyclic) bond motifs is 1. The molecule has 18 heavy (non-hydrogen) atoms. The Morgan fingerprint density at radius 3 is 2.83 bits per heavy atom. The van der Waals surface area contributed by atoms with E-state index in [0.29, 0.717) is 0 Å². The lowest BCUT2D eigenvalue weighted by atomic mass is 9.75. The standard InChI is InChI=1S/C12H13IN2O3/c1-12(7-15(17)18)6-11(16)14(2)10-4-3-8(13)5-9(10)12/h3-5H,6-7H2,1-2H3. The Kier molecular flexibility index (Phi) is 3.31. The average Bonchev–Trinajstić information content (AvgIpc) is 2.25. The van der Waals surface area contributed by atoms with E-state index in [0.717, 1.165) is 14.8 Å². The molecule has 1 aromatic carbocycles. The van der Waals surface area contributed by atoms with Crippen LogP contribution >= 0.6 is 22.6 Å². The molecule has 0 aromatic heterocycles. The molecule has 6 heteroatoms. The second-order valence-corrected chi connectivity index (χ2v) is 6.09. The zero-order chi connectivity index (χ0) is 13.5. The summed E-state index contributed by atoms with van der Waals surface area (Å²) in [5.41, 5.74) is 0.938. The van der Waals surface area contributed by atoms with Gasteiger partial charge in [-0.1, -0.05) is 0 Å². The summed E-state index contributed by atoms with van der Waals surface area (Å²) in [6.07, 6.45) is 0.178. The number of halogens is 1. The zero-order valence-corrected chi connectivity index (χ0v) is 12.3. The highest BCUT2D eigenvalue weighted by Crippen LogP contribution is 2.40. The van der Waals surface area contributed by atoms with Gasteiger partial charge in [-0.15, -0.1) is 0 Å². The van der Waals surface area contributed by atoms with Crippen molar-refractivity contribution in [3.8, 4) is 0 Å². The lowest BCUT2D eigenvalue weighted by Gasteiger charge is -2.36. The summed E-state index contributed by atoms with van der Waals surface area (Å²) >= 11 is 2.18. The van der Waals surface area contributed by atoms with Gasteiger partial charge in [0.25, 0.3) is 0 Å². The maximum absolute atomic E-state index is 11.9.